The van der Waals surface area contributed by atoms with Crippen LogP contribution in [0, 0.1) is 0 Å². The van der Waals surface area contributed by atoms with Crippen molar-refractivity contribution in [3.63, 3.8) is 0 Å². The summed E-state index contributed by atoms with van der Waals surface area (Å²) in [6.07, 6.45) is 0.712. The molecule has 0 aliphatic carbocycles. The van der Waals surface area contributed by atoms with Gasteiger partial charge >= 0.3 is 0 Å². The van der Waals surface area contributed by atoms with E-state index in [1.54, 1.807) is 6.07 Å². The van der Waals surface area contributed by atoms with Gasteiger partial charge < -0.3 is 15.0 Å². The quantitative estimate of drug-likeness (QED) is 0.159. The van der Waals surface area contributed by atoms with Crippen molar-refractivity contribution in [2.24, 2.45) is 0 Å². The fourth-order valence-corrected chi connectivity index (χ4v) is 5.41. The minimum Gasteiger partial charge on any atom is -0.378 e. The Morgan fingerprint density at radius 2 is 1.63 bits per heavy atom. The summed E-state index contributed by atoms with van der Waals surface area (Å²) in [6.45, 7) is 2.91. The van der Waals surface area contributed by atoms with Crippen molar-refractivity contribution >= 4 is 35.1 Å². The SMILES string of the molecule is O=C(N[C@@H](Cc1ccccc1)c1ccccc1)c1cccc(CSc2nc(Cl)cc(N3CCOCC3)n2)c1. The highest BCUT2D eigenvalue weighted by Crippen LogP contribution is 2.26. The number of benzene rings is 3. The van der Waals surface area contributed by atoms with Crippen LogP contribution in [-0.2, 0) is 16.9 Å². The average molecular weight is 545 g/mol. The zero-order valence-electron chi connectivity index (χ0n) is 20.9. The minimum atomic E-state index is -0.136. The molecule has 5 rings (SSSR count). The van der Waals surface area contributed by atoms with E-state index in [-0.39, 0.29) is 11.9 Å². The Morgan fingerprint density at radius 3 is 2.39 bits per heavy atom. The summed E-state index contributed by atoms with van der Waals surface area (Å²) in [6, 6.07) is 29.7. The van der Waals surface area contributed by atoms with E-state index in [9.17, 15) is 4.79 Å². The monoisotopic (exact) mass is 544 g/mol. The van der Waals surface area contributed by atoms with Crippen molar-refractivity contribution in [1.82, 2.24) is 15.3 Å². The van der Waals surface area contributed by atoms with Crippen molar-refractivity contribution < 1.29 is 9.53 Å². The van der Waals surface area contributed by atoms with Crippen LogP contribution in [0.3, 0.4) is 0 Å². The highest BCUT2D eigenvalue weighted by Gasteiger charge is 2.18. The standard InChI is InChI=1S/C30H29ClN4O2S/c31-27-20-28(35-14-16-37-17-15-35)34-30(33-27)38-21-23-10-7-13-25(18-23)29(36)32-26(24-11-5-2-6-12-24)19-22-8-3-1-4-9-22/h1-13,18,20,26H,14-17,19,21H2,(H,32,36)/t26-/m0/s1. The van der Waals surface area contributed by atoms with Gasteiger partial charge in [0.05, 0.1) is 19.3 Å². The first-order valence-corrected chi connectivity index (χ1v) is 14.0. The summed E-state index contributed by atoms with van der Waals surface area (Å²) >= 11 is 7.80. The van der Waals surface area contributed by atoms with E-state index < -0.39 is 0 Å². The minimum absolute atomic E-state index is 0.102. The predicted molar refractivity (Wildman–Crippen MR) is 153 cm³/mol. The third-order valence-electron chi connectivity index (χ3n) is 6.34. The molecular formula is C30H29ClN4O2S. The van der Waals surface area contributed by atoms with Crippen LogP contribution >= 0.6 is 23.4 Å². The smallest absolute Gasteiger partial charge is 0.251 e. The van der Waals surface area contributed by atoms with Crippen LogP contribution in [0.15, 0.2) is 96.2 Å². The van der Waals surface area contributed by atoms with Gasteiger partial charge in [-0.15, -0.1) is 0 Å². The molecule has 0 spiro atoms. The number of anilines is 1. The summed E-state index contributed by atoms with van der Waals surface area (Å²) in [7, 11) is 0. The molecule has 0 unspecified atom stereocenters. The van der Waals surface area contributed by atoms with Crippen molar-refractivity contribution in [3.8, 4) is 0 Å². The number of rotatable bonds is 9. The van der Waals surface area contributed by atoms with Gasteiger partial charge in [-0.25, -0.2) is 9.97 Å². The lowest BCUT2D eigenvalue weighted by Crippen LogP contribution is -2.36. The Labute approximate surface area is 232 Å². The Balaban J connectivity index is 1.27. The van der Waals surface area contributed by atoms with Gasteiger partial charge in [0, 0.05) is 30.5 Å². The molecule has 0 saturated carbocycles. The zero-order valence-corrected chi connectivity index (χ0v) is 22.5. The van der Waals surface area contributed by atoms with Gasteiger partial charge in [0.2, 0.25) is 0 Å². The lowest BCUT2D eigenvalue weighted by Gasteiger charge is -2.27. The zero-order chi connectivity index (χ0) is 26.2. The largest absolute Gasteiger partial charge is 0.378 e. The molecule has 0 bridgehead atoms. The fraction of sp³-hybridized carbons (Fsp3) is 0.233. The van der Waals surface area contributed by atoms with Crippen LogP contribution in [0.25, 0.3) is 0 Å². The van der Waals surface area contributed by atoms with Gasteiger partial charge in [0.15, 0.2) is 5.16 Å². The Kier molecular flexibility index (Phi) is 8.91. The molecule has 1 N–H and O–H groups in total. The van der Waals surface area contributed by atoms with Crippen LogP contribution in [0.4, 0.5) is 5.82 Å². The molecule has 4 aromatic rings. The van der Waals surface area contributed by atoms with Crippen LogP contribution < -0.4 is 10.2 Å². The van der Waals surface area contributed by atoms with Crippen LogP contribution in [0.2, 0.25) is 5.15 Å². The molecule has 38 heavy (non-hydrogen) atoms. The number of nitrogens with one attached hydrogen (secondary N) is 1. The van der Waals surface area contributed by atoms with E-state index in [2.05, 4.69) is 39.5 Å². The second-order valence-electron chi connectivity index (χ2n) is 9.05. The Morgan fingerprint density at radius 1 is 0.921 bits per heavy atom. The number of nitrogens with zero attached hydrogens (tertiary/aromatic N) is 3. The van der Waals surface area contributed by atoms with Gasteiger partial charge in [-0.05, 0) is 35.2 Å². The number of halogens is 1. The van der Waals surface area contributed by atoms with Crippen molar-refractivity contribution in [3.05, 3.63) is 118 Å². The first-order valence-electron chi connectivity index (χ1n) is 12.6. The number of aromatic nitrogens is 2. The highest BCUT2D eigenvalue weighted by atomic mass is 35.5. The van der Waals surface area contributed by atoms with Gasteiger partial charge in [0.1, 0.15) is 11.0 Å². The van der Waals surface area contributed by atoms with E-state index in [0.29, 0.717) is 41.3 Å². The molecule has 2 heterocycles. The van der Waals surface area contributed by atoms with E-state index in [1.165, 1.54) is 17.3 Å². The summed E-state index contributed by atoms with van der Waals surface area (Å²) in [5, 5.41) is 4.28. The summed E-state index contributed by atoms with van der Waals surface area (Å²) in [4.78, 5) is 24.6. The normalized spacial score (nSPS) is 14.2. The second-order valence-corrected chi connectivity index (χ2v) is 10.4. The number of morpholine rings is 1. The molecule has 0 radical (unpaired) electrons. The van der Waals surface area contributed by atoms with Crippen LogP contribution in [0.5, 0.6) is 0 Å². The third kappa shape index (κ3) is 7.13. The topological polar surface area (TPSA) is 67.4 Å². The number of carbonyl (C=O) groups is 1. The molecule has 194 valence electrons. The number of amides is 1. The molecule has 1 aromatic heterocycles. The molecule has 1 amide bonds. The Bertz CT molecular complexity index is 1350. The van der Waals surface area contributed by atoms with Gasteiger partial charge in [-0.1, -0.05) is 96.2 Å². The molecule has 8 heteroatoms. The molecule has 3 aromatic carbocycles. The predicted octanol–water partition coefficient (Wildman–Crippen LogP) is 5.97. The van der Waals surface area contributed by atoms with Gasteiger partial charge in [-0.3, -0.25) is 4.79 Å². The third-order valence-corrected chi connectivity index (χ3v) is 7.46. The maximum Gasteiger partial charge on any atom is 0.251 e. The molecule has 6 nitrogen and oxygen atoms in total. The molecule has 1 aliphatic heterocycles. The number of hydrogen-bond donors (Lipinski definition) is 1. The first-order chi connectivity index (χ1) is 18.6. The number of carbonyl (C=O) groups excluding carboxylic acids is 1. The van der Waals surface area contributed by atoms with Crippen molar-refractivity contribution in [2.75, 3.05) is 31.2 Å². The molecule has 1 fully saturated rings. The number of hydrogen-bond acceptors (Lipinski definition) is 6. The average Bonchev–Trinajstić information content (AvgIpc) is 2.97. The van der Waals surface area contributed by atoms with Gasteiger partial charge in [-0.2, -0.15) is 0 Å². The Hall–Kier alpha value is -3.39. The second kappa shape index (κ2) is 12.9. The van der Waals surface area contributed by atoms with E-state index in [0.717, 1.165) is 30.0 Å². The van der Waals surface area contributed by atoms with E-state index >= 15 is 0 Å². The molecule has 1 atom stereocenters. The van der Waals surface area contributed by atoms with E-state index in [4.69, 9.17) is 21.3 Å². The molecular weight excluding hydrogens is 516 g/mol. The fourth-order valence-electron chi connectivity index (χ4n) is 4.38. The highest BCUT2D eigenvalue weighted by molar-refractivity contribution is 7.98. The van der Waals surface area contributed by atoms with Gasteiger partial charge in [0.25, 0.3) is 5.91 Å². The maximum atomic E-state index is 13.3. The van der Waals surface area contributed by atoms with Crippen molar-refractivity contribution in [2.45, 2.75) is 23.4 Å². The molecule has 1 aliphatic rings. The summed E-state index contributed by atoms with van der Waals surface area (Å²) in [5.74, 6) is 1.33. The van der Waals surface area contributed by atoms with Crippen LogP contribution in [0.1, 0.15) is 33.1 Å². The van der Waals surface area contributed by atoms with E-state index in [1.807, 2.05) is 60.7 Å². The number of thioether (sulfide) groups is 1. The van der Waals surface area contributed by atoms with Crippen LogP contribution in [-0.4, -0.2) is 42.2 Å². The maximum absolute atomic E-state index is 13.3. The lowest BCUT2D eigenvalue weighted by atomic mass is 9.98. The summed E-state index contributed by atoms with van der Waals surface area (Å²) < 4.78 is 5.44. The molecule has 1 saturated heterocycles. The first kappa shape index (κ1) is 26.2. The number of ether oxygens (including phenoxy) is 1. The summed E-state index contributed by atoms with van der Waals surface area (Å²) in [5.41, 5.74) is 3.88. The van der Waals surface area contributed by atoms with Crippen molar-refractivity contribution in [1.29, 1.82) is 0 Å². The lowest BCUT2D eigenvalue weighted by molar-refractivity contribution is 0.0936.